The van der Waals surface area contributed by atoms with Crippen molar-refractivity contribution in [2.75, 3.05) is 11.9 Å². The number of thiophene rings is 1. The summed E-state index contributed by atoms with van der Waals surface area (Å²) in [6, 6.07) is 4.26. The molecule has 0 aliphatic carbocycles. The van der Waals surface area contributed by atoms with Crippen LogP contribution in [-0.4, -0.2) is 16.6 Å². The van der Waals surface area contributed by atoms with Gasteiger partial charge >= 0.3 is 0 Å². The lowest BCUT2D eigenvalue weighted by Crippen LogP contribution is -2.05. The minimum atomic E-state index is 0.613. The Morgan fingerprint density at radius 1 is 1.28 bits per heavy atom. The number of nitrogens with one attached hydrogen (secondary N) is 1. The van der Waals surface area contributed by atoms with Crippen LogP contribution in [0.25, 0.3) is 0 Å². The van der Waals surface area contributed by atoms with Crippen LogP contribution >= 0.6 is 11.3 Å². The number of ether oxygens (including phenoxy) is 1. The Balaban J connectivity index is 2.07. The summed E-state index contributed by atoms with van der Waals surface area (Å²) in [6.45, 7) is 7.41. The van der Waals surface area contributed by atoms with Gasteiger partial charge in [-0.1, -0.05) is 0 Å². The van der Waals surface area contributed by atoms with Crippen molar-refractivity contribution in [3.8, 4) is 5.88 Å². The summed E-state index contributed by atoms with van der Waals surface area (Å²) in [5.74, 6) is 1.48. The molecule has 0 amide bonds. The molecular weight excluding hydrogens is 246 g/mol. The summed E-state index contributed by atoms with van der Waals surface area (Å²) >= 11 is 1.79. The third-order valence-electron chi connectivity index (χ3n) is 2.54. The predicted octanol–water partition coefficient (Wildman–Crippen LogP) is 3.17. The molecule has 18 heavy (non-hydrogen) atoms. The van der Waals surface area contributed by atoms with E-state index in [1.54, 1.807) is 11.3 Å². The maximum Gasteiger partial charge on any atom is 0.221 e. The Morgan fingerprint density at radius 3 is 2.78 bits per heavy atom. The molecule has 2 aromatic rings. The van der Waals surface area contributed by atoms with E-state index in [4.69, 9.17) is 4.74 Å². The Labute approximate surface area is 111 Å². The molecule has 0 spiro atoms. The van der Waals surface area contributed by atoms with E-state index < -0.39 is 0 Å². The van der Waals surface area contributed by atoms with E-state index in [0.29, 0.717) is 12.5 Å². The van der Waals surface area contributed by atoms with Crippen LogP contribution in [0.15, 0.2) is 18.5 Å². The zero-order valence-corrected chi connectivity index (χ0v) is 11.7. The normalized spacial score (nSPS) is 10.4. The Bertz CT molecular complexity index is 525. The lowest BCUT2D eigenvalue weighted by atomic mass is 10.3. The standard InChI is InChI=1S/C13H17N3OS/c1-4-17-13-10(3)12(15-8-16-13)14-7-11-6-5-9(2)18-11/h5-6,8H,4,7H2,1-3H3,(H,14,15,16). The van der Waals surface area contributed by atoms with Gasteiger partial charge in [0, 0.05) is 9.75 Å². The van der Waals surface area contributed by atoms with Gasteiger partial charge in [0.25, 0.3) is 0 Å². The Morgan fingerprint density at radius 2 is 2.11 bits per heavy atom. The minimum absolute atomic E-state index is 0.613. The highest BCUT2D eigenvalue weighted by Gasteiger charge is 2.07. The summed E-state index contributed by atoms with van der Waals surface area (Å²) in [6.07, 6.45) is 1.53. The average Bonchev–Trinajstić information content (AvgIpc) is 2.77. The van der Waals surface area contributed by atoms with Crippen LogP contribution in [0.3, 0.4) is 0 Å². The van der Waals surface area contributed by atoms with Crippen LogP contribution in [0.2, 0.25) is 0 Å². The van der Waals surface area contributed by atoms with E-state index in [-0.39, 0.29) is 0 Å². The summed E-state index contributed by atoms with van der Waals surface area (Å²) in [5.41, 5.74) is 0.952. The number of aromatic nitrogens is 2. The fourth-order valence-electron chi connectivity index (χ4n) is 1.65. The topological polar surface area (TPSA) is 47.0 Å². The number of anilines is 1. The molecule has 96 valence electrons. The van der Waals surface area contributed by atoms with Gasteiger partial charge in [-0.2, -0.15) is 0 Å². The van der Waals surface area contributed by atoms with Crippen molar-refractivity contribution in [2.24, 2.45) is 0 Å². The maximum absolute atomic E-state index is 5.44. The first kappa shape index (κ1) is 12.8. The summed E-state index contributed by atoms with van der Waals surface area (Å²) in [4.78, 5) is 11.0. The van der Waals surface area contributed by atoms with Gasteiger partial charge in [-0.05, 0) is 32.9 Å². The van der Waals surface area contributed by atoms with Crippen molar-refractivity contribution in [3.05, 3.63) is 33.8 Å². The Hall–Kier alpha value is -1.62. The smallest absolute Gasteiger partial charge is 0.221 e. The van der Waals surface area contributed by atoms with Crippen LogP contribution in [-0.2, 0) is 6.54 Å². The largest absolute Gasteiger partial charge is 0.478 e. The van der Waals surface area contributed by atoms with Crippen LogP contribution < -0.4 is 10.1 Å². The zero-order valence-electron chi connectivity index (χ0n) is 10.9. The van der Waals surface area contributed by atoms with Gasteiger partial charge in [0.15, 0.2) is 0 Å². The van der Waals surface area contributed by atoms with Gasteiger partial charge in [-0.25, -0.2) is 9.97 Å². The first-order valence-electron chi connectivity index (χ1n) is 5.94. The molecule has 2 rings (SSSR count). The lowest BCUT2D eigenvalue weighted by molar-refractivity contribution is 0.324. The van der Waals surface area contributed by atoms with Crippen LogP contribution in [0, 0.1) is 13.8 Å². The monoisotopic (exact) mass is 263 g/mol. The van der Waals surface area contributed by atoms with Crippen molar-refractivity contribution in [3.63, 3.8) is 0 Å². The molecule has 0 aliphatic heterocycles. The third-order valence-corrected chi connectivity index (χ3v) is 3.55. The van der Waals surface area contributed by atoms with Gasteiger partial charge in [-0.15, -0.1) is 11.3 Å². The van der Waals surface area contributed by atoms with E-state index in [0.717, 1.165) is 17.9 Å². The highest BCUT2D eigenvalue weighted by atomic mass is 32.1. The molecule has 0 saturated carbocycles. The molecule has 0 unspecified atom stereocenters. The van der Waals surface area contributed by atoms with Gasteiger partial charge in [0.05, 0.1) is 18.7 Å². The number of aryl methyl sites for hydroxylation is 1. The van der Waals surface area contributed by atoms with Gasteiger partial charge in [0.1, 0.15) is 12.1 Å². The molecule has 0 atom stereocenters. The molecule has 1 N–H and O–H groups in total. The average molecular weight is 263 g/mol. The van der Waals surface area contributed by atoms with Crippen molar-refractivity contribution in [1.29, 1.82) is 0 Å². The predicted molar refractivity (Wildman–Crippen MR) is 74.3 cm³/mol. The van der Waals surface area contributed by atoms with Crippen molar-refractivity contribution in [2.45, 2.75) is 27.3 Å². The van der Waals surface area contributed by atoms with Crippen LogP contribution in [0.4, 0.5) is 5.82 Å². The van der Waals surface area contributed by atoms with Gasteiger partial charge in [0.2, 0.25) is 5.88 Å². The molecule has 0 radical (unpaired) electrons. The molecule has 0 bridgehead atoms. The van der Waals surface area contributed by atoms with Gasteiger partial charge < -0.3 is 10.1 Å². The summed E-state index contributed by atoms with van der Waals surface area (Å²) in [7, 11) is 0. The fourth-order valence-corrected chi connectivity index (χ4v) is 2.48. The summed E-state index contributed by atoms with van der Waals surface area (Å²) in [5, 5.41) is 3.32. The van der Waals surface area contributed by atoms with E-state index in [2.05, 4.69) is 34.3 Å². The molecule has 5 heteroatoms. The van der Waals surface area contributed by atoms with E-state index >= 15 is 0 Å². The molecule has 0 aromatic carbocycles. The molecule has 4 nitrogen and oxygen atoms in total. The zero-order chi connectivity index (χ0) is 13.0. The molecule has 2 aromatic heterocycles. The van der Waals surface area contributed by atoms with E-state index in [9.17, 15) is 0 Å². The highest BCUT2D eigenvalue weighted by Crippen LogP contribution is 2.22. The lowest BCUT2D eigenvalue weighted by Gasteiger charge is -2.10. The Kier molecular flexibility index (Phi) is 4.15. The van der Waals surface area contributed by atoms with E-state index in [1.165, 1.54) is 16.1 Å². The van der Waals surface area contributed by atoms with Crippen molar-refractivity contribution >= 4 is 17.2 Å². The van der Waals surface area contributed by atoms with Crippen LogP contribution in [0.1, 0.15) is 22.2 Å². The van der Waals surface area contributed by atoms with E-state index in [1.807, 2.05) is 13.8 Å². The van der Waals surface area contributed by atoms with Crippen molar-refractivity contribution < 1.29 is 4.74 Å². The van der Waals surface area contributed by atoms with Gasteiger partial charge in [-0.3, -0.25) is 0 Å². The first-order chi connectivity index (χ1) is 8.70. The second kappa shape index (κ2) is 5.82. The molecule has 2 heterocycles. The number of hydrogen-bond acceptors (Lipinski definition) is 5. The quantitative estimate of drug-likeness (QED) is 0.900. The number of rotatable bonds is 5. The maximum atomic E-state index is 5.44. The first-order valence-corrected chi connectivity index (χ1v) is 6.76. The van der Waals surface area contributed by atoms with Crippen LogP contribution in [0.5, 0.6) is 5.88 Å². The summed E-state index contributed by atoms with van der Waals surface area (Å²) < 4.78 is 5.44. The molecule has 0 fully saturated rings. The molecule has 0 saturated heterocycles. The SMILES string of the molecule is CCOc1ncnc(NCc2ccc(C)s2)c1C. The highest BCUT2D eigenvalue weighted by molar-refractivity contribution is 7.11. The second-order valence-corrected chi connectivity index (χ2v) is 5.32. The minimum Gasteiger partial charge on any atom is -0.478 e. The molecular formula is C13H17N3OS. The molecule has 0 aliphatic rings. The number of nitrogens with zero attached hydrogens (tertiary/aromatic N) is 2. The fraction of sp³-hybridized carbons (Fsp3) is 0.385. The van der Waals surface area contributed by atoms with Crippen molar-refractivity contribution in [1.82, 2.24) is 9.97 Å². The second-order valence-electron chi connectivity index (χ2n) is 3.95. The third kappa shape index (κ3) is 2.98. The number of hydrogen-bond donors (Lipinski definition) is 1.